The number of ether oxygens (including phenoxy) is 1. The van der Waals surface area contributed by atoms with E-state index in [9.17, 15) is 14.9 Å². The molecule has 0 saturated heterocycles. The maximum atomic E-state index is 12.3. The number of anilines is 2. The molecule has 0 aliphatic rings. The summed E-state index contributed by atoms with van der Waals surface area (Å²) in [6.45, 7) is 3.09. The first kappa shape index (κ1) is 20.7. The molecule has 2 heterocycles. The van der Waals surface area contributed by atoms with E-state index in [0.29, 0.717) is 30.3 Å². The zero-order valence-corrected chi connectivity index (χ0v) is 16.4. The maximum absolute atomic E-state index is 12.3. The maximum Gasteiger partial charge on any atom is 0.340 e. The number of carbonyl (C=O) groups is 1. The molecule has 0 atom stereocenters. The van der Waals surface area contributed by atoms with Gasteiger partial charge in [0.15, 0.2) is 0 Å². The van der Waals surface area contributed by atoms with E-state index in [0.717, 1.165) is 11.1 Å². The fourth-order valence-electron chi connectivity index (χ4n) is 2.76. The Labute approximate surface area is 173 Å². The number of hydrogen-bond acceptors (Lipinski definition) is 8. The quantitative estimate of drug-likeness (QED) is 0.238. The van der Waals surface area contributed by atoms with Crippen LogP contribution in [0.2, 0.25) is 0 Å². The third kappa shape index (κ3) is 5.28. The molecule has 0 bridgehead atoms. The van der Waals surface area contributed by atoms with Crippen LogP contribution in [0.4, 0.5) is 17.3 Å². The first-order valence-corrected chi connectivity index (χ1v) is 9.39. The number of rotatable bonds is 9. The molecule has 0 radical (unpaired) electrons. The summed E-state index contributed by atoms with van der Waals surface area (Å²) in [5, 5.41) is 16.9. The summed E-state index contributed by atoms with van der Waals surface area (Å²) in [4.78, 5) is 30.8. The van der Waals surface area contributed by atoms with Gasteiger partial charge < -0.3 is 15.4 Å². The molecule has 3 aromatic rings. The Morgan fingerprint density at radius 2 is 1.73 bits per heavy atom. The minimum absolute atomic E-state index is 0.0574. The van der Waals surface area contributed by atoms with Crippen molar-refractivity contribution in [2.24, 2.45) is 0 Å². The summed E-state index contributed by atoms with van der Waals surface area (Å²) in [5.74, 6) is 0.736. The van der Waals surface area contributed by atoms with Crippen LogP contribution < -0.4 is 10.6 Å². The summed E-state index contributed by atoms with van der Waals surface area (Å²) in [7, 11) is 0. The number of nitrogens with one attached hydrogen (secondary N) is 2. The Bertz CT molecular complexity index is 1010. The molecule has 2 aromatic heterocycles. The Hall–Kier alpha value is -4.01. The van der Waals surface area contributed by atoms with Gasteiger partial charge in [0.2, 0.25) is 0 Å². The van der Waals surface area contributed by atoms with Crippen molar-refractivity contribution >= 4 is 23.3 Å². The Morgan fingerprint density at radius 3 is 2.37 bits per heavy atom. The monoisotopic (exact) mass is 407 g/mol. The number of pyridine rings is 2. The molecule has 0 aliphatic carbocycles. The van der Waals surface area contributed by atoms with Crippen LogP contribution in [0, 0.1) is 10.1 Å². The summed E-state index contributed by atoms with van der Waals surface area (Å²) < 4.78 is 5.14. The molecule has 0 unspecified atom stereocenters. The van der Waals surface area contributed by atoms with E-state index in [2.05, 4.69) is 20.6 Å². The summed E-state index contributed by atoms with van der Waals surface area (Å²) >= 11 is 0. The van der Waals surface area contributed by atoms with Crippen LogP contribution >= 0.6 is 0 Å². The van der Waals surface area contributed by atoms with Gasteiger partial charge in [0, 0.05) is 30.9 Å². The molecule has 9 nitrogen and oxygen atoms in total. The van der Waals surface area contributed by atoms with E-state index in [4.69, 9.17) is 4.74 Å². The van der Waals surface area contributed by atoms with Gasteiger partial charge >= 0.3 is 5.97 Å². The number of nitro groups is 1. The predicted octanol–water partition coefficient (Wildman–Crippen LogP) is 3.75. The third-order valence-electron chi connectivity index (χ3n) is 4.18. The molecule has 0 amide bonds. The smallest absolute Gasteiger partial charge is 0.340 e. The average Bonchev–Trinajstić information content (AvgIpc) is 2.77. The molecule has 9 heteroatoms. The largest absolute Gasteiger partial charge is 0.462 e. The number of hydrogen-bond donors (Lipinski definition) is 2. The molecule has 0 fully saturated rings. The van der Waals surface area contributed by atoms with E-state index in [1.54, 1.807) is 13.0 Å². The lowest BCUT2D eigenvalue weighted by molar-refractivity contribution is -0.385. The molecular formula is C21H21N5O4. The zero-order chi connectivity index (χ0) is 21.3. The SMILES string of the molecule is CCOC(=O)c1cnc(NCCNc2ccc([N+](=O)[O-])cn2)cc1-c1ccccc1. The second kappa shape index (κ2) is 9.97. The minimum atomic E-state index is -0.492. The van der Waals surface area contributed by atoms with Gasteiger partial charge in [0.25, 0.3) is 5.69 Å². The topological polar surface area (TPSA) is 119 Å². The van der Waals surface area contributed by atoms with Crippen molar-refractivity contribution < 1.29 is 14.5 Å². The van der Waals surface area contributed by atoms with Crippen LogP contribution in [0.15, 0.2) is 60.9 Å². The molecule has 0 saturated carbocycles. The Morgan fingerprint density at radius 1 is 1.03 bits per heavy atom. The van der Waals surface area contributed by atoms with Crippen LogP contribution in [0.1, 0.15) is 17.3 Å². The van der Waals surface area contributed by atoms with Crippen molar-refractivity contribution in [3.05, 3.63) is 76.6 Å². The van der Waals surface area contributed by atoms with Crippen LogP contribution in [0.25, 0.3) is 11.1 Å². The van der Waals surface area contributed by atoms with Gasteiger partial charge in [-0.2, -0.15) is 0 Å². The second-order valence-electron chi connectivity index (χ2n) is 6.21. The van der Waals surface area contributed by atoms with Crippen molar-refractivity contribution in [1.82, 2.24) is 9.97 Å². The molecule has 0 spiro atoms. The van der Waals surface area contributed by atoms with Crippen LogP contribution in [0.3, 0.4) is 0 Å². The lowest BCUT2D eigenvalue weighted by Gasteiger charge is -2.12. The molecule has 30 heavy (non-hydrogen) atoms. The van der Waals surface area contributed by atoms with Gasteiger partial charge in [-0.15, -0.1) is 0 Å². The van der Waals surface area contributed by atoms with E-state index < -0.39 is 10.9 Å². The molecule has 0 aliphatic heterocycles. The molecule has 2 N–H and O–H groups in total. The predicted molar refractivity (Wildman–Crippen MR) is 114 cm³/mol. The standard InChI is InChI=1S/C21H21N5O4/c1-2-30-21(27)18-14-25-20(12-17(18)15-6-4-3-5-7-15)23-11-10-22-19-9-8-16(13-24-19)26(28)29/h3-9,12-14H,2,10-11H2,1H3,(H,22,24)(H,23,25). The molecule has 3 rings (SSSR count). The molecule has 1 aromatic carbocycles. The van der Waals surface area contributed by atoms with Crippen molar-refractivity contribution in [2.45, 2.75) is 6.92 Å². The lowest BCUT2D eigenvalue weighted by Crippen LogP contribution is -2.15. The van der Waals surface area contributed by atoms with Crippen molar-refractivity contribution in [2.75, 3.05) is 30.3 Å². The fraction of sp³-hybridized carbons (Fsp3) is 0.190. The van der Waals surface area contributed by atoms with Crippen molar-refractivity contribution in [3.63, 3.8) is 0 Å². The number of nitrogens with zero attached hydrogens (tertiary/aromatic N) is 3. The number of benzene rings is 1. The van der Waals surface area contributed by atoms with Crippen molar-refractivity contribution in [3.8, 4) is 11.1 Å². The Kier molecular flexibility index (Phi) is 6.88. The number of esters is 1. The molecule has 154 valence electrons. The van der Waals surface area contributed by atoms with Crippen LogP contribution in [-0.2, 0) is 4.74 Å². The normalized spacial score (nSPS) is 10.3. The summed E-state index contributed by atoms with van der Waals surface area (Å²) in [6, 6.07) is 14.3. The van der Waals surface area contributed by atoms with Gasteiger partial charge in [-0.3, -0.25) is 10.1 Å². The van der Waals surface area contributed by atoms with Gasteiger partial charge in [-0.05, 0) is 24.6 Å². The van der Waals surface area contributed by atoms with E-state index in [-0.39, 0.29) is 12.3 Å². The average molecular weight is 407 g/mol. The minimum Gasteiger partial charge on any atom is -0.462 e. The van der Waals surface area contributed by atoms with Crippen LogP contribution in [0.5, 0.6) is 0 Å². The fourth-order valence-corrected chi connectivity index (χ4v) is 2.76. The van der Waals surface area contributed by atoms with Gasteiger partial charge in [-0.1, -0.05) is 30.3 Å². The first-order valence-electron chi connectivity index (χ1n) is 9.39. The van der Waals surface area contributed by atoms with E-state index >= 15 is 0 Å². The van der Waals surface area contributed by atoms with Gasteiger partial charge in [0.1, 0.15) is 17.8 Å². The van der Waals surface area contributed by atoms with E-state index in [1.807, 2.05) is 36.4 Å². The van der Waals surface area contributed by atoms with Crippen molar-refractivity contribution in [1.29, 1.82) is 0 Å². The highest BCUT2D eigenvalue weighted by Crippen LogP contribution is 2.26. The number of carbonyl (C=O) groups excluding carboxylic acids is 1. The summed E-state index contributed by atoms with van der Waals surface area (Å²) in [5.41, 5.74) is 1.97. The number of aromatic nitrogens is 2. The van der Waals surface area contributed by atoms with Crippen LogP contribution in [-0.4, -0.2) is 40.6 Å². The van der Waals surface area contributed by atoms with Gasteiger partial charge in [-0.25, -0.2) is 14.8 Å². The second-order valence-corrected chi connectivity index (χ2v) is 6.21. The highest BCUT2D eigenvalue weighted by atomic mass is 16.6. The third-order valence-corrected chi connectivity index (χ3v) is 4.18. The highest BCUT2D eigenvalue weighted by Gasteiger charge is 2.15. The first-order chi connectivity index (χ1) is 14.6. The summed E-state index contributed by atoms with van der Waals surface area (Å²) in [6.07, 6.45) is 2.71. The zero-order valence-electron chi connectivity index (χ0n) is 16.4. The van der Waals surface area contributed by atoms with E-state index in [1.165, 1.54) is 18.5 Å². The highest BCUT2D eigenvalue weighted by molar-refractivity contribution is 5.97. The van der Waals surface area contributed by atoms with Gasteiger partial charge in [0.05, 0.1) is 17.1 Å². The molecular weight excluding hydrogens is 386 g/mol. The lowest BCUT2D eigenvalue weighted by atomic mass is 10.0. The Balaban J connectivity index is 1.66.